The van der Waals surface area contributed by atoms with Crippen LogP contribution < -0.4 is 4.90 Å². The zero-order valence-corrected chi connectivity index (χ0v) is 21.7. The monoisotopic (exact) mass is 503 g/mol. The Balaban J connectivity index is 1.33. The van der Waals surface area contributed by atoms with Gasteiger partial charge in [0, 0.05) is 32.8 Å². The van der Waals surface area contributed by atoms with Crippen LogP contribution in [0.3, 0.4) is 0 Å². The first-order valence-electron chi connectivity index (χ1n) is 13.7. The lowest BCUT2D eigenvalue weighted by molar-refractivity contribution is -0.136. The maximum Gasteiger partial charge on any atom is 0.263 e. The van der Waals surface area contributed by atoms with E-state index in [1.807, 2.05) is 35.2 Å². The molecule has 2 saturated heterocycles. The van der Waals surface area contributed by atoms with Gasteiger partial charge in [0.15, 0.2) is 0 Å². The van der Waals surface area contributed by atoms with Crippen LogP contribution in [0.5, 0.6) is 0 Å². The average molecular weight is 504 g/mol. The second kappa shape index (κ2) is 11.5. The van der Waals surface area contributed by atoms with Crippen LogP contribution in [0.15, 0.2) is 48.5 Å². The van der Waals surface area contributed by atoms with Crippen LogP contribution >= 0.6 is 0 Å². The van der Waals surface area contributed by atoms with Gasteiger partial charge in [-0.2, -0.15) is 0 Å². The number of piperidine rings is 1. The number of hydrogen-bond donors (Lipinski definition) is 0. The van der Waals surface area contributed by atoms with Gasteiger partial charge in [-0.3, -0.25) is 19.3 Å². The molecule has 0 aromatic heterocycles. The van der Waals surface area contributed by atoms with Gasteiger partial charge in [0.05, 0.1) is 35.4 Å². The number of rotatable bonds is 9. The minimum absolute atomic E-state index is 0.0821. The Kier molecular flexibility index (Phi) is 7.89. The first kappa shape index (κ1) is 25.5. The van der Waals surface area contributed by atoms with E-state index >= 15 is 0 Å². The molecule has 196 valence electrons. The zero-order chi connectivity index (χ0) is 25.8. The van der Waals surface area contributed by atoms with E-state index < -0.39 is 0 Å². The molecular weight excluding hydrogens is 466 g/mol. The predicted molar refractivity (Wildman–Crippen MR) is 142 cm³/mol. The summed E-state index contributed by atoms with van der Waals surface area (Å²) in [4.78, 5) is 45.8. The number of hydrogen-bond acceptors (Lipinski definition) is 5. The van der Waals surface area contributed by atoms with Crippen molar-refractivity contribution in [2.45, 2.75) is 58.1 Å². The highest BCUT2D eigenvalue weighted by Gasteiger charge is 2.41. The Bertz CT molecular complexity index is 1130. The molecule has 2 atom stereocenters. The summed E-state index contributed by atoms with van der Waals surface area (Å²) in [6.07, 6.45) is 5.45. The van der Waals surface area contributed by atoms with Crippen LogP contribution in [-0.2, 0) is 16.1 Å². The van der Waals surface area contributed by atoms with Gasteiger partial charge in [-0.05, 0) is 49.8 Å². The van der Waals surface area contributed by atoms with Crippen LogP contribution in [0.4, 0.5) is 5.69 Å². The molecule has 7 heteroatoms. The topological polar surface area (TPSA) is 70.2 Å². The number of carbonyl (C=O) groups excluding carboxylic acids is 3. The summed E-state index contributed by atoms with van der Waals surface area (Å²) in [6.45, 7) is 5.81. The molecule has 2 aromatic rings. The highest BCUT2D eigenvalue weighted by atomic mass is 16.5. The van der Waals surface area contributed by atoms with E-state index in [4.69, 9.17) is 4.74 Å². The van der Waals surface area contributed by atoms with Gasteiger partial charge in [0.1, 0.15) is 0 Å². The Hall–Kier alpha value is -3.19. The number of nitrogens with zero attached hydrogens (tertiary/aromatic N) is 3. The predicted octanol–water partition coefficient (Wildman–Crippen LogP) is 4.51. The van der Waals surface area contributed by atoms with Crippen LogP contribution in [0.1, 0.15) is 71.7 Å². The van der Waals surface area contributed by atoms with Crippen molar-refractivity contribution < 1.29 is 19.1 Å². The van der Waals surface area contributed by atoms with Crippen LogP contribution in [-0.4, -0.2) is 66.4 Å². The van der Waals surface area contributed by atoms with E-state index in [1.165, 1.54) is 4.90 Å². The molecule has 5 rings (SSSR count). The number of fused-ring (bicyclic) bond motifs is 1. The van der Waals surface area contributed by atoms with Crippen molar-refractivity contribution in [1.29, 1.82) is 0 Å². The van der Waals surface area contributed by atoms with Crippen molar-refractivity contribution in [2.24, 2.45) is 5.92 Å². The molecule has 3 heterocycles. The minimum Gasteiger partial charge on any atom is -0.376 e. The number of imide groups is 1. The van der Waals surface area contributed by atoms with Gasteiger partial charge in [-0.15, -0.1) is 0 Å². The number of amides is 3. The summed E-state index contributed by atoms with van der Waals surface area (Å²) in [5.41, 5.74) is 2.84. The third kappa shape index (κ3) is 5.42. The molecule has 3 amide bonds. The Morgan fingerprint density at radius 2 is 1.86 bits per heavy atom. The second-order valence-corrected chi connectivity index (χ2v) is 10.4. The molecule has 0 N–H and O–H groups in total. The van der Waals surface area contributed by atoms with Crippen molar-refractivity contribution in [3.63, 3.8) is 0 Å². The molecule has 0 unspecified atom stereocenters. The van der Waals surface area contributed by atoms with E-state index in [1.54, 1.807) is 6.07 Å². The SMILES string of the molecule is CCCCN(Cc1ccccc1)C(=O)[C@H]1CCCN(c2cccc3c2C(=O)N(C[C@@H]2CCCO2)C3=O)C1. The fraction of sp³-hybridized carbons (Fsp3) is 0.500. The standard InChI is InChI=1S/C30H37N3O4/c1-2-3-16-32(19-22-10-5-4-6-11-22)28(34)23-12-8-17-31(20-23)26-15-7-14-25-27(26)30(36)33(29(25)35)21-24-13-9-18-37-24/h4-7,10-11,14-15,23-24H,2-3,8-9,12-13,16-21H2,1H3/t23-,24-/m0/s1. The summed E-state index contributed by atoms with van der Waals surface area (Å²) in [6, 6.07) is 15.7. The smallest absolute Gasteiger partial charge is 0.263 e. The highest BCUT2D eigenvalue weighted by Crippen LogP contribution is 2.35. The van der Waals surface area contributed by atoms with Gasteiger partial charge < -0.3 is 14.5 Å². The highest BCUT2D eigenvalue weighted by molar-refractivity contribution is 6.23. The zero-order valence-electron chi connectivity index (χ0n) is 21.7. The molecule has 2 fully saturated rings. The quantitative estimate of drug-likeness (QED) is 0.471. The first-order valence-corrected chi connectivity index (χ1v) is 13.7. The average Bonchev–Trinajstić information content (AvgIpc) is 3.54. The van der Waals surface area contributed by atoms with E-state index in [-0.39, 0.29) is 29.7 Å². The fourth-order valence-electron chi connectivity index (χ4n) is 5.81. The summed E-state index contributed by atoms with van der Waals surface area (Å²) in [5.74, 6) is -0.443. The molecule has 7 nitrogen and oxygen atoms in total. The van der Waals surface area contributed by atoms with E-state index in [0.717, 1.165) is 62.9 Å². The maximum atomic E-state index is 13.7. The Morgan fingerprint density at radius 3 is 2.62 bits per heavy atom. The van der Waals surface area contributed by atoms with Crippen molar-refractivity contribution in [3.8, 4) is 0 Å². The minimum atomic E-state index is -0.242. The lowest BCUT2D eigenvalue weighted by Gasteiger charge is -2.37. The lowest BCUT2D eigenvalue weighted by atomic mass is 9.94. The summed E-state index contributed by atoms with van der Waals surface area (Å²) < 4.78 is 5.69. The Morgan fingerprint density at radius 1 is 1.03 bits per heavy atom. The largest absolute Gasteiger partial charge is 0.376 e. The van der Waals surface area contributed by atoms with Gasteiger partial charge in [0.2, 0.25) is 5.91 Å². The van der Waals surface area contributed by atoms with E-state index in [2.05, 4.69) is 24.0 Å². The number of benzene rings is 2. The summed E-state index contributed by atoms with van der Waals surface area (Å²) in [5, 5.41) is 0. The van der Waals surface area contributed by atoms with Crippen LogP contribution in [0.25, 0.3) is 0 Å². The number of carbonyl (C=O) groups is 3. The second-order valence-electron chi connectivity index (χ2n) is 10.4. The Labute approximate surface area is 219 Å². The first-order chi connectivity index (χ1) is 18.1. The van der Waals surface area contributed by atoms with E-state index in [9.17, 15) is 14.4 Å². The summed E-state index contributed by atoms with van der Waals surface area (Å²) >= 11 is 0. The van der Waals surface area contributed by atoms with Gasteiger partial charge >= 0.3 is 0 Å². The van der Waals surface area contributed by atoms with Gasteiger partial charge in [-0.25, -0.2) is 0 Å². The van der Waals surface area contributed by atoms with Gasteiger partial charge in [-0.1, -0.05) is 49.7 Å². The third-order valence-electron chi connectivity index (χ3n) is 7.81. The van der Waals surface area contributed by atoms with E-state index in [0.29, 0.717) is 37.4 Å². The van der Waals surface area contributed by atoms with Crippen molar-refractivity contribution in [3.05, 3.63) is 65.2 Å². The molecule has 0 bridgehead atoms. The molecule has 2 aromatic carbocycles. The van der Waals surface area contributed by atoms with Crippen molar-refractivity contribution >= 4 is 23.4 Å². The number of ether oxygens (including phenoxy) is 1. The third-order valence-corrected chi connectivity index (χ3v) is 7.81. The van der Waals surface area contributed by atoms with Gasteiger partial charge in [0.25, 0.3) is 11.8 Å². The number of anilines is 1. The molecule has 3 aliphatic rings. The normalized spacial score (nSPS) is 21.4. The molecule has 0 aliphatic carbocycles. The van der Waals surface area contributed by atoms with Crippen molar-refractivity contribution in [1.82, 2.24) is 9.80 Å². The lowest BCUT2D eigenvalue weighted by Crippen LogP contribution is -2.45. The molecule has 3 aliphatic heterocycles. The van der Waals surface area contributed by atoms with Crippen LogP contribution in [0, 0.1) is 5.92 Å². The maximum absolute atomic E-state index is 13.7. The molecule has 0 radical (unpaired) electrons. The summed E-state index contributed by atoms with van der Waals surface area (Å²) in [7, 11) is 0. The number of unbranched alkanes of at least 4 members (excludes halogenated alkanes) is 1. The van der Waals surface area contributed by atoms with Crippen molar-refractivity contribution in [2.75, 3.05) is 37.7 Å². The van der Waals surface area contributed by atoms with Crippen LogP contribution in [0.2, 0.25) is 0 Å². The molecule has 0 spiro atoms. The molecule has 0 saturated carbocycles. The molecular formula is C30H37N3O4. The fourth-order valence-corrected chi connectivity index (χ4v) is 5.81. The molecule has 37 heavy (non-hydrogen) atoms.